The molecule has 1 aliphatic heterocycles. The summed E-state index contributed by atoms with van der Waals surface area (Å²) >= 11 is 0. The lowest BCUT2D eigenvalue weighted by molar-refractivity contribution is 0.123. The van der Waals surface area contributed by atoms with E-state index in [-0.39, 0.29) is 6.10 Å². The molecule has 53 valence electrons. The van der Waals surface area contributed by atoms with E-state index in [1.54, 1.807) is 12.5 Å². The minimum atomic E-state index is 0.179. The van der Waals surface area contributed by atoms with Crippen molar-refractivity contribution in [1.82, 2.24) is 0 Å². The van der Waals surface area contributed by atoms with Crippen LogP contribution in [-0.2, 0) is 4.74 Å². The van der Waals surface area contributed by atoms with Gasteiger partial charge in [-0.05, 0) is 18.9 Å². The molecule has 1 radical (unpaired) electrons. The van der Waals surface area contributed by atoms with Gasteiger partial charge >= 0.3 is 0 Å². The molecule has 2 heteroatoms. The molecule has 1 unspecified atom stereocenters. The van der Waals surface area contributed by atoms with Crippen LogP contribution in [0.15, 0.2) is 23.0 Å². The van der Waals surface area contributed by atoms with Crippen LogP contribution >= 0.6 is 0 Å². The van der Waals surface area contributed by atoms with E-state index >= 15 is 0 Å². The van der Waals surface area contributed by atoms with Crippen LogP contribution in [0.1, 0.15) is 18.1 Å². The van der Waals surface area contributed by atoms with Crippen molar-refractivity contribution < 1.29 is 9.15 Å². The highest BCUT2D eigenvalue weighted by Gasteiger charge is 2.18. The molecule has 1 atom stereocenters. The van der Waals surface area contributed by atoms with Gasteiger partial charge in [0.25, 0.3) is 0 Å². The summed E-state index contributed by atoms with van der Waals surface area (Å²) in [6.45, 7) is 0.843. The third kappa shape index (κ3) is 0.948. The van der Waals surface area contributed by atoms with Gasteiger partial charge in [-0.1, -0.05) is 0 Å². The van der Waals surface area contributed by atoms with Crippen molar-refractivity contribution in [3.63, 3.8) is 0 Å². The van der Waals surface area contributed by atoms with Crippen LogP contribution < -0.4 is 0 Å². The third-order valence-corrected chi connectivity index (χ3v) is 1.67. The quantitative estimate of drug-likeness (QED) is 0.590. The van der Waals surface area contributed by atoms with Crippen molar-refractivity contribution in [2.75, 3.05) is 6.61 Å². The van der Waals surface area contributed by atoms with Gasteiger partial charge in [0.05, 0.1) is 18.6 Å². The maximum atomic E-state index is 5.38. The van der Waals surface area contributed by atoms with E-state index in [9.17, 15) is 0 Å². The zero-order valence-corrected chi connectivity index (χ0v) is 5.62. The lowest BCUT2D eigenvalue weighted by atomic mass is 10.1. The van der Waals surface area contributed by atoms with Gasteiger partial charge in [0.2, 0.25) is 0 Å². The first-order chi connectivity index (χ1) is 4.97. The normalized spacial score (nSPS) is 25.4. The zero-order valence-electron chi connectivity index (χ0n) is 5.62. The molecule has 1 fully saturated rings. The highest BCUT2D eigenvalue weighted by Crippen LogP contribution is 2.27. The summed E-state index contributed by atoms with van der Waals surface area (Å²) in [7, 11) is 0. The molecule has 1 aliphatic rings. The van der Waals surface area contributed by atoms with Gasteiger partial charge in [-0.15, -0.1) is 0 Å². The summed E-state index contributed by atoms with van der Waals surface area (Å²) in [6.07, 6.45) is 6.79. The van der Waals surface area contributed by atoms with Gasteiger partial charge in [-0.3, -0.25) is 0 Å². The molecule has 10 heavy (non-hydrogen) atoms. The van der Waals surface area contributed by atoms with Crippen molar-refractivity contribution in [3.05, 3.63) is 30.6 Å². The Bertz CT molecular complexity index is 185. The number of hydrogen-bond donors (Lipinski definition) is 0. The van der Waals surface area contributed by atoms with Crippen LogP contribution in [-0.4, -0.2) is 6.61 Å². The molecule has 2 rings (SSSR count). The Morgan fingerprint density at radius 3 is 3.10 bits per heavy atom. The molecule has 0 amide bonds. The van der Waals surface area contributed by atoms with Crippen molar-refractivity contribution in [3.8, 4) is 0 Å². The van der Waals surface area contributed by atoms with Gasteiger partial charge in [0, 0.05) is 12.2 Å². The molecular formula is C8H9O2. The lowest BCUT2D eigenvalue weighted by Gasteiger charge is -2.03. The molecule has 1 aromatic rings. The Morgan fingerprint density at radius 2 is 2.50 bits per heavy atom. The number of hydrogen-bond acceptors (Lipinski definition) is 2. The minimum absolute atomic E-state index is 0.179. The van der Waals surface area contributed by atoms with Crippen LogP contribution in [0.2, 0.25) is 0 Å². The van der Waals surface area contributed by atoms with Crippen LogP contribution in [0.4, 0.5) is 0 Å². The summed E-state index contributed by atoms with van der Waals surface area (Å²) in [5, 5.41) is 0. The fourth-order valence-corrected chi connectivity index (χ4v) is 1.15. The molecule has 0 N–H and O–H groups in total. The molecule has 1 saturated heterocycles. The molecule has 2 nitrogen and oxygen atoms in total. The molecule has 0 spiro atoms. The minimum Gasteiger partial charge on any atom is -0.472 e. The Morgan fingerprint density at radius 1 is 1.50 bits per heavy atom. The van der Waals surface area contributed by atoms with Gasteiger partial charge in [-0.2, -0.15) is 0 Å². The second-order valence-electron chi connectivity index (χ2n) is 2.37. The van der Waals surface area contributed by atoms with E-state index in [2.05, 4.69) is 6.42 Å². The van der Waals surface area contributed by atoms with E-state index in [1.165, 1.54) is 0 Å². The topological polar surface area (TPSA) is 22.4 Å². The predicted molar refractivity (Wildman–Crippen MR) is 36.3 cm³/mol. The van der Waals surface area contributed by atoms with Gasteiger partial charge in [-0.25, -0.2) is 0 Å². The van der Waals surface area contributed by atoms with Gasteiger partial charge in [0.1, 0.15) is 0 Å². The highest BCUT2D eigenvalue weighted by molar-refractivity contribution is 5.14. The molecule has 0 aliphatic carbocycles. The Hall–Kier alpha value is -0.760. The van der Waals surface area contributed by atoms with E-state index in [1.807, 2.05) is 6.07 Å². The fourth-order valence-electron chi connectivity index (χ4n) is 1.15. The zero-order chi connectivity index (χ0) is 6.81. The maximum absolute atomic E-state index is 5.38. The van der Waals surface area contributed by atoms with E-state index < -0.39 is 0 Å². The summed E-state index contributed by atoms with van der Waals surface area (Å²) in [4.78, 5) is 0. The fraction of sp³-hybridized carbons (Fsp3) is 0.375. The van der Waals surface area contributed by atoms with E-state index in [0.717, 1.165) is 18.6 Å². The molecule has 0 bridgehead atoms. The van der Waals surface area contributed by atoms with Gasteiger partial charge < -0.3 is 9.15 Å². The summed E-state index contributed by atoms with van der Waals surface area (Å²) < 4.78 is 10.3. The summed E-state index contributed by atoms with van der Waals surface area (Å²) in [5.41, 5.74) is 1.12. The van der Waals surface area contributed by atoms with E-state index in [0.29, 0.717) is 0 Å². The second kappa shape index (κ2) is 2.46. The number of ether oxygens (including phenoxy) is 1. The average molecular weight is 137 g/mol. The van der Waals surface area contributed by atoms with Crippen molar-refractivity contribution in [2.45, 2.75) is 12.5 Å². The first-order valence-corrected chi connectivity index (χ1v) is 3.44. The van der Waals surface area contributed by atoms with Crippen molar-refractivity contribution >= 4 is 0 Å². The smallest absolute Gasteiger partial charge is 0.0960 e. The van der Waals surface area contributed by atoms with Gasteiger partial charge in [0.15, 0.2) is 0 Å². The monoisotopic (exact) mass is 137 g/mol. The van der Waals surface area contributed by atoms with Crippen LogP contribution in [0, 0.1) is 6.42 Å². The lowest BCUT2D eigenvalue weighted by Crippen LogP contribution is -1.92. The van der Waals surface area contributed by atoms with Crippen LogP contribution in [0.3, 0.4) is 0 Å². The Kier molecular flexibility index (Phi) is 1.47. The average Bonchev–Trinajstić information content (AvgIpc) is 2.59. The predicted octanol–water partition coefficient (Wildman–Crippen LogP) is 1.95. The van der Waals surface area contributed by atoms with Crippen LogP contribution in [0.5, 0.6) is 0 Å². The molecular weight excluding hydrogens is 128 g/mol. The number of rotatable bonds is 1. The standard InChI is InChI=1S/C8H9O2/c1-2-8(10-4-1)7-3-5-9-6-7/h2-3,5-6,8H,1,4H2. The largest absolute Gasteiger partial charge is 0.472 e. The second-order valence-corrected chi connectivity index (χ2v) is 2.37. The first kappa shape index (κ1) is 5.98. The summed E-state index contributed by atoms with van der Waals surface area (Å²) in [6, 6.07) is 1.94. The van der Waals surface area contributed by atoms with Crippen molar-refractivity contribution in [1.29, 1.82) is 0 Å². The van der Waals surface area contributed by atoms with E-state index in [4.69, 9.17) is 9.15 Å². The Labute approximate surface area is 59.8 Å². The SMILES string of the molecule is [CH]1CCOC1c1ccoc1. The Balaban J connectivity index is 2.12. The van der Waals surface area contributed by atoms with Crippen LogP contribution in [0.25, 0.3) is 0 Å². The third-order valence-electron chi connectivity index (χ3n) is 1.67. The maximum Gasteiger partial charge on any atom is 0.0960 e. The molecule has 2 heterocycles. The molecule has 0 aromatic carbocycles. The molecule has 0 saturated carbocycles. The number of furan rings is 1. The highest BCUT2D eigenvalue weighted by atomic mass is 16.5. The summed E-state index contributed by atoms with van der Waals surface area (Å²) in [5.74, 6) is 0. The first-order valence-electron chi connectivity index (χ1n) is 3.44. The van der Waals surface area contributed by atoms with Crippen molar-refractivity contribution in [2.24, 2.45) is 0 Å². The molecule has 1 aromatic heterocycles.